The number of aliphatic hydroxyl groups is 2. The molecule has 9 heteroatoms. The van der Waals surface area contributed by atoms with Crippen LogP contribution in [0.3, 0.4) is 0 Å². The molecule has 2 rings (SSSR count). The first kappa shape index (κ1) is 38.1. The van der Waals surface area contributed by atoms with Crippen molar-refractivity contribution in [2.75, 3.05) is 12.8 Å². The molecule has 248 valence electrons. The standard InChI is InChI=1S/C35H56ClN2O5P/c1-34(2,3)44(36,35(4,5)6,30-19-15-14-16-20-30)26-18-13-11-9-7-8-10-12-17-21-32(40)37-31(27-39)33(41)28-22-24-29(25-23-28)38(42)43/h14-16,19-20,22-25,31,33,39,41H,7-13,17-18,21,26-27H2,1-6H3,(H,37,40)/t31-,33-/m1/s1. The van der Waals surface area contributed by atoms with Crippen LogP contribution < -0.4 is 10.6 Å². The molecule has 0 fully saturated rings. The molecule has 0 heterocycles. The van der Waals surface area contributed by atoms with Crippen LogP contribution in [0, 0.1) is 10.1 Å². The van der Waals surface area contributed by atoms with Crippen LogP contribution in [0.2, 0.25) is 0 Å². The number of benzene rings is 2. The Balaban J connectivity index is 1.69. The van der Waals surface area contributed by atoms with Crippen molar-refractivity contribution in [3.63, 3.8) is 0 Å². The molecule has 0 aromatic heterocycles. The number of nitro groups is 1. The van der Waals surface area contributed by atoms with E-state index in [1.807, 2.05) is 0 Å². The summed E-state index contributed by atoms with van der Waals surface area (Å²) in [6, 6.07) is 15.4. The van der Waals surface area contributed by atoms with Crippen LogP contribution in [0.1, 0.15) is 117 Å². The summed E-state index contributed by atoms with van der Waals surface area (Å²) in [5.74, 6) is -3.06. The number of halogens is 1. The molecule has 0 radical (unpaired) electrons. The quantitative estimate of drug-likeness (QED) is 0.0647. The van der Waals surface area contributed by atoms with Gasteiger partial charge in [-0.25, -0.2) is 0 Å². The van der Waals surface area contributed by atoms with Crippen LogP contribution in [0.15, 0.2) is 54.6 Å². The molecule has 3 N–H and O–H groups in total. The maximum absolute atomic E-state index is 12.4. The molecule has 1 amide bonds. The number of nitrogens with one attached hydrogen (secondary N) is 1. The van der Waals surface area contributed by atoms with Gasteiger partial charge in [-0.3, -0.25) is 14.9 Å². The van der Waals surface area contributed by atoms with Gasteiger partial charge in [-0.05, 0) is 17.7 Å². The van der Waals surface area contributed by atoms with Crippen molar-refractivity contribution in [2.24, 2.45) is 0 Å². The summed E-state index contributed by atoms with van der Waals surface area (Å²) in [6.45, 7) is 13.5. The summed E-state index contributed by atoms with van der Waals surface area (Å²) < 4.78 is 0. The Morgan fingerprint density at radius 2 is 1.32 bits per heavy atom. The monoisotopic (exact) mass is 650 g/mol. The Morgan fingerprint density at radius 1 is 0.841 bits per heavy atom. The van der Waals surface area contributed by atoms with Gasteiger partial charge in [-0.1, -0.05) is 0 Å². The molecule has 0 unspecified atom stereocenters. The minimum absolute atomic E-state index is 0.0182. The first-order valence-electron chi connectivity index (χ1n) is 16.2. The third-order valence-corrected chi connectivity index (χ3v) is 21.7. The van der Waals surface area contributed by atoms with Crippen molar-refractivity contribution in [1.29, 1.82) is 0 Å². The first-order valence-corrected chi connectivity index (χ1v) is 19.5. The SMILES string of the molecule is CC(C)(C)P(Cl)(CCCCCCCCCCCC(=O)N[C@H](CO)[C@H](O)c1ccc([N+](=O)[O-])cc1)(c1ccccc1)C(C)(C)C. The van der Waals surface area contributed by atoms with Gasteiger partial charge in [-0.2, -0.15) is 0 Å². The maximum atomic E-state index is 12.4. The van der Waals surface area contributed by atoms with Gasteiger partial charge in [0.05, 0.1) is 17.6 Å². The first-order chi connectivity index (χ1) is 20.6. The van der Waals surface area contributed by atoms with E-state index in [-0.39, 0.29) is 21.9 Å². The van der Waals surface area contributed by atoms with Crippen LogP contribution in [-0.4, -0.2) is 50.2 Å². The van der Waals surface area contributed by atoms with Gasteiger partial charge in [0, 0.05) is 12.1 Å². The number of non-ortho nitro benzene ring substituents is 1. The average Bonchev–Trinajstić information content (AvgIpc) is 2.97. The molecule has 0 saturated carbocycles. The number of carbonyl (C=O) groups excluding carboxylic acids is 1. The normalized spacial score (nSPS) is 14.8. The molecule has 2 aromatic rings. The number of unbranched alkanes of at least 4 members (excludes halogenated alkanes) is 8. The molecule has 44 heavy (non-hydrogen) atoms. The number of nitrogens with zero attached hydrogens (tertiary/aromatic N) is 1. The summed E-state index contributed by atoms with van der Waals surface area (Å²) in [5.41, 5.74) is 0.316. The van der Waals surface area contributed by atoms with Gasteiger partial charge < -0.3 is 15.5 Å². The zero-order valence-electron chi connectivity index (χ0n) is 27.7. The van der Waals surface area contributed by atoms with Crippen molar-refractivity contribution >= 4 is 34.1 Å². The summed E-state index contributed by atoms with van der Waals surface area (Å²) in [5, 5.41) is 35.0. The average molecular weight is 651 g/mol. The number of rotatable bonds is 18. The van der Waals surface area contributed by atoms with Crippen LogP contribution in [0.4, 0.5) is 5.69 Å². The van der Waals surface area contributed by atoms with Crippen LogP contribution in [-0.2, 0) is 4.79 Å². The summed E-state index contributed by atoms with van der Waals surface area (Å²) >= 11 is 8.06. The predicted molar refractivity (Wildman–Crippen MR) is 186 cm³/mol. The molecule has 2 atom stereocenters. The van der Waals surface area contributed by atoms with Gasteiger partial charge in [0.1, 0.15) is 6.10 Å². The number of nitro benzene ring substituents is 1. The zero-order valence-corrected chi connectivity index (χ0v) is 29.4. The summed E-state index contributed by atoms with van der Waals surface area (Å²) in [4.78, 5) is 22.7. The number of hydrogen-bond donors (Lipinski definition) is 3. The second-order valence-corrected chi connectivity index (χ2v) is 22.4. The third kappa shape index (κ3) is 9.02. The Labute approximate surface area is 270 Å². The fourth-order valence-electron chi connectivity index (χ4n) is 6.78. The van der Waals surface area contributed by atoms with Gasteiger partial charge in [0.15, 0.2) is 0 Å². The molecule has 2 aromatic carbocycles. The zero-order chi connectivity index (χ0) is 33.0. The van der Waals surface area contributed by atoms with E-state index in [1.54, 1.807) is 0 Å². The third-order valence-electron chi connectivity index (χ3n) is 9.44. The Morgan fingerprint density at radius 3 is 1.77 bits per heavy atom. The predicted octanol–water partition coefficient (Wildman–Crippen LogP) is 8.64. The van der Waals surface area contributed by atoms with E-state index in [1.165, 1.54) is 55.3 Å². The second kappa shape index (κ2) is 16.5. The van der Waals surface area contributed by atoms with Crippen molar-refractivity contribution in [3.05, 3.63) is 70.3 Å². The van der Waals surface area contributed by atoms with Crippen molar-refractivity contribution < 1.29 is 19.9 Å². The molecule has 0 aliphatic heterocycles. The number of carbonyl (C=O) groups is 1. The molecule has 0 aliphatic rings. The van der Waals surface area contributed by atoms with E-state index in [0.29, 0.717) is 12.0 Å². The minimum atomic E-state index is -2.84. The topological polar surface area (TPSA) is 113 Å². The fourth-order valence-corrected chi connectivity index (χ4v) is 14.2. The van der Waals surface area contributed by atoms with E-state index in [0.717, 1.165) is 38.3 Å². The molecule has 0 saturated heterocycles. The number of amides is 1. The Hall–Kier alpha value is -2.05. The molecular formula is C35H56ClN2O5P. The molecule has 0 aliphatic carbocycles. The van der Waals surface area contributed by atoms with Crippen LogP contribution in [0.25, 0.3) is 0 Å². The number of hydrogen-bond acceptors (Lipinski definition) is 5. The van der Waals surface area contributed by atoms with Gasteiger partial charge >= 0.3 is 181 Å². The fraction of sp³-hybridized carbons (Fsp3) is 0.629. The van der Waals surface area contributed by atoms with E-state index in [9.17, 15) is 25.1 Å². The molecule has 0 bridgehead atoms. The van der Waals surface area contributed by atoms with E-state index in [4.69, 9.17) is 11.2 Å². The second-order valence-electron chi connectivity index (χ2n) is 14.2. The summed E-state index contributed by atoms with van der Waals surface area (Å²) in [7, 11) is 0. The number of aliphatic hydroxyl groups excluding tert-OH is 2. The van der Waals surface area contributed by atoms with E-state index in [2.05, 4.69) is 77.2 Å². The van der Waals surface area contributed by atoms with Crippen LogP contribution in [0.5, 0.6) is 0 Å². The van der Waals surface area contributed by atoms with E-state index < -0.39 is 29.6 Å². The van der Waals surface area contributed by atoms with E-state index >= 15 is 0 Å². The summed E-state index contributed by atoms with van der Waals surface area (Å²) in [6.07, 6.45) is 10.0. The molecule has 7 nitrogen and oxygen atoms in total. The van der Waals surface area contributed by atoms with Gasteiger partial charge in [0.25, 0.3) is 5.69 Å². The van der Waals surface area contributed by atoms with Gasteiger partial charge in [0.2, 0.25) is 0 Å². The van der Waals surface area contributed by atoms with Crippen molar-refractivity contribution in [2.45, 2.75) is 128 Å². The molecule has 0 spiro atoms. The Bertz CT molecular complexity index is 1160. The molecular weight excluding hydrogens is 595 g/mol. The van der Waals surface area contributed by atoms with Gasteiger partial charge in [-0.15, -0.1) is 0 Å². The van der Waals surface area contributed by atoms with Crippen molar-refractivity contribution in [3.8, 4) is 0 Å². The Kier molecular flexibility index (Phi) is 14.3. The van der Waals surface area contributed by atoms with Crippen LogP contribution >= 0.6 is 17.2 Å². The van der Waals surface area contributed by atoms with Crippen molar-refractivity contribution in [1.82, 2.24) is 5.32 Å².